The highest BCUT2D eigenvalue weighted by Gasteiger charge is 2.31. The number of benzene rings is 1. The highest BCUT2D eigenvalue weighted by molar-refractivity contribution is 5.24. The van der Waals surface area contributed by atoms with Crippen LogP contribution < -0.4 is 0 Å². The molecule has 1 aromatic carbocycles. The maximum atomic E-state index is 8.52. The van der Waals surface area contributed by atoms with Gasteiger partial charge in [-0.25, -0.2) is 0 Å². The fourth-order valence-corrected chi connectivity index (χ4v) is 2.93. The van der Waals surface area contributed by atoms with Crippen molar-refractivity contribution < 1.29 is 5.11 Å². The Kier molecular flexibility index (Phi) is 6.26. The SMILES string of the molecule is CC(C)(C)O.CC(C)(c1ccccc1)C1CCCCC1. The van der Waals surface area contributed by atoms with Crippen LogP contribution in [0.5, 0.6) is 0 Å². The van der Waals surface area contributed by atoms with E-state index >= 15 is 0 Å². The Morgan fingerprint density at radius 2 is 1.30 bits per heavy atom. The van der Waals surface area contributed by atoms with Gasteiger partial charge in [-0.15, -0.1) is 0 Å². The Morgan fingerprint density at radius 1 is 0.850 bits per heavy atom. The van der Waals surface area contributed by atoms with Crippen LogP contribution in [-0.2, 0) is 5.41 Å². The van der Waals surface area contributed by atoms with Gasteiger partial charge in [0.05, 0.1) is 5.60 Å². The summed E-state index contributed by atoms with van der Waals surface area (Å²) < 4.78 is 0. The highest BCUT2D eigenvalue weighted by Crippen LogP contribution is 2.40. The molecule has 0 aliphatic heterocycles. The van der Waals surface area contributed by atoms with Gasteiger partial charge in [-0.05, 0) is 50.5 Å². The molecule has 1 aromatic rings. The molecule has 1 nitrogen and oxygen atoms in total. The monoisotopic (exact) mass is 276 g/mol. The first-order valence-electron chi connectivity index (χ1n) is 7.99. The van der Waals surface area contributed by atoms with Gasteiger partial charge in [0.15, 0.2) is 0 Å². The average molecular weight is 276 g/mol. The number of hydrogen-bond donors (Lipinski definition) is 1. The molecular weight excluding hydrogens is 244 g/mol. The van der Waals surface area contributed by atoms with Gasteiger partial charge in [-0.2, -0.15) is 0 Å². The Labute approximate surface area is 125 Å². The summed E-state index contributed by atoms with van der Waals surface area (Å²) in [7, 11) is 0. The molecule has 0 spiro atoms. The number of aliphatic hydroxyl groups is 1. The van der Waals surface area contributed by atoms with Gasteiger partial charge in [0.1, 0.15) is 0 Å². The molecule has 1 aliphatic carbocycles. The minimum absolute atomic E-state index is 0.363. The van der Waals surface area contributed by atoms with Crippen molar-refractivity contribution in [3.8, 4) is 0 Å². The van der Waals surface area contributed by atoms with Gasteiger partial charge in [0.2, 0.25) is 0 Å². The van der Waals surface area contributed by atoms with Crippen LogP contribution in [-0.4, -0.2) is 10.7 Å². The van der Waals surface area contributed by atoms with Gasteiger partial charge < -0.3 is 5.11 Å². The zero-order chi connectivity index (χ0) is 15.2. The molecule has 0 bridgehead atoms. The summed E-state index contributed by atoms with van der Waals surface area (Å²) in [6, 6.07) is 11.0. The third-order valence-corrected chi connectivity index (χ3v) is 4.14. The largest absolute Gasteiger partial charge is 0.391 e. The van der Waals surface area contributed by atoms with Crippen molar-refractivity contribution in [1.82, 2.24) is 0 Å². The van der Waals surface area contributed by atoms with Crippen molar-refractivity contribution >= 4 is 0 Å². The molecule has 1 aliphatic rings. The summed E-state index contributed by atoms with van der Waals surface area (Å²) in [6.45, 7) is 10.1. The van der Waals surface area contributed by atoms with Crippen molar-refractivity contribution in [2.75, 3.05) is 0 Å². The van der Waals surface area contributed by atoms with Crippen LogP contribution in [0.2, 0.25) is 0 Å². The molecule has 0 heterocycles. The first-order valence-corrected chi connectivity index (χ1v) is 7.99. The second kappa shape index (κ2) is 7.26. The van der Waals surface area contributed by atoms with E-state index in [0.29, 0.717) is 5.41 Å². The summed E-state index contributed by atoms with van der Waals surface area (Å²) in [6.07, 6.45) is 7.15. The van der Waals surface area contributed by atoms with E-state index in [2.05, 4.69) is 44.2 Å². The minimum atomic E-state index is -0.500. The molecule has 0 aromatic heterocycles. The zero-order valence-electron chi connectivity index (χ0n) is 13.9. The van der Waals surface area contributed by atoms with E-state index in [4.69, 9.17) is 5.11 Å². The van der Waals surface area contributed by atoms with Gasteiger partial charge in [0.25, 0.3) is 0 Å². The topological polar surface area (TPSA) is 20.2 Å². The van der Waals surface area contributed by atoms with Crippen molar-refractivity contribution in [1.29, 1.82) is 0 Å². The van der Waals surface area contributed by atoms with E-state index in [1.54, 1.807) is 20.8 Å². The standard InChI is InChI=1S/C15H22.C4H10O/c1-15(2,13-9-5-3-6-10-13)14-11-7-4-8-12-14;1-4(2,3)5/h3,5-6,9-10,14H,4,7-8,11-12H2,1-2H3;5H,1-3H3. The molecular formula is C19H32O. The molecule has 0 radical (unpaired) electrons. The van der Waals surface area contributed by atoms with E-state index in [1.165, 1.54) is 37.7 Å². The van der Waals surface area contributed by atoms with Crippen LogP contribution in [0.15, 0.2) is 30.3 Å². The lowest BCUT2D eigenvalue weighted by atomic mass is 9.67. The molecule has 1 heteroatoms. The summed E-state index contributed by atoms with van der Waals surface area (Å²) in [5, 5.41) is 8.52. The number of rotatable bonds is 2. The van der Waals surface area contributed by atoms with Crippen molar-refractivity contribution in [3.05, 3.63) is 35.9 Å². The first kappa shape index (κ1) is 17.2. The van der Waals surface area contributed by atoms with Crippen molar-refractivity contribution in [2.24, 2.45) is 5.92 Å². The lowest BCUT2D eigenvalue weighted by molar-refractivity contribution is 0.102. The van der Waals surface area contributed by atoms with Gasteiger partial charge >= 0.3 is 0 Å². The molecule has 2 rings (SSSR count). The van der Waals surface area contributed by atoms with Crippen LogP contribution in [0, 0.1) is 5.92 Å². The smallest absolute Gasteiger partial charge is 0.0563 e. The number of hydrogen-bond acceptors (Lipinski definition) is 1. The highest BCUT2D eigenvalue weighted by atomic mass is 16.3. The minimum Gasteiger partial charge on any atom is -0.391 e. The second-order valence-electron chi connectivity index (χ2n) is 7.59. The molecule has 1 saturated carbocycles. The third-order valence-electron chi connectivity index (χ3n) is 4.14. The summed E-state index contributed by atoms with van der Waals surface area (Å²) in [5.74, 6) is 0.883. The second-order valence-corrected chi connectivity index (χ2v) is 7.59. The predicted molar refractivity (Wildman–Crippen MR) is 88.0 cm³/mol. The molecule has 1 fully saturated rings. The molecule has 0 atom stereocenters. The lowest BCUT2D eigenvalue weighted by Crippen LogP contribution is -2.30. The van der Waals surface area contributed by atoms with Crippen molar-refractivity contribution in [2.45, 2.75) is 77.7 Å². The molecule has 114 valence electrons. The van der Waals surface area contributed by atoms with E-state index in [1.807, 2.05) is 0 Å². The predicted octanol–water partition coefficient (Wildman–Crippen LogP) is 5.32. The van der Waals surface area contributed by atoms with Crippen LogP contribution in [0.4, 0.5) is 0 Å². The average Bonchev–Trinajstić information content (AvgIpc) is 2.39. The van der Waals surface area contributed by atoms with E-state index in [-0.39, 0.29) is 0 Å². The van der Waals surface area contributed by atoms with E-state index in [9.17, 15) is 0 Å². The van der Waals surface area contributed by atoms with Crippen LogP contribution in [0.3, 0.4) is 0 Å². The van der Waals surface area contributed by atoms with Gasteiger partial charge in [0, 0.05) is 0 Å². The van der Waals surface area contributed by atoms with Crippen LogP contribution in [0.25, 0.3) is 0 Å². The maximum Gasteiger partial charge on any atom is 0.0563 e. The Bertz CT molecular complexity index is 361. The zero-order valence-corrected chi connectivity index (χ0v) is 13.9. The van der Waals surface area contributed by atoms with Crippen molar-refractivity contribution in [3.63, 3.8) is 0 Å². The Hall–Kier alpha value is -0.820. The van der Waals surface area contributed by atoms with Crippen LogP contribution >= 0.6 is 0 Å². The summed E-state index contributed by atoms with van der Waals surface area (Å²) in [5.41, 5.74) is 1.37. The molecule has 0 unspecified atom stereocenters. The quantitative estimate of drug-likeness (QED) is 0.775. The Morgan fingerprint density at radius 3 is 1.75 bits per heavy atom. The lowest BCUT2D eigenvalue weighted by Gasteiger charge is -2.37. The van der Waals surface area contributed by atoms with Gasteiger partial charge in [-0.1, -0.05) is 63.4 Å². The Balaban J connectivity index is 0.000000347. The van der Waals surface area contributed by atoms with E-state index < -0.39 is 5.60 Å². The molecule has 0 saturated heterocycles. The summed E-state index contributed by atoms with van der Waals surface area (Å²) >= 11 is 0. The van der Waals surface area contributed by atoms with Gasteiger partial charge in [-0.3, -0.25) is 0 Å². The first-order chi connectivity index (χ1) is 9.21. The molecule has 20 heavy (non-hydrogen) atoms. The normalized spacial score (nSPS) is 17.3. The molecule has 1 N–H and O–H groups in total. The fourth-order valence-electron chi connectivity index (χ4n) is 2.93. The fraction of sp³-hybridized carbons (Fsp3) is 0.684. The summed E-state index contributed by atoms with van der Waals surface area (Å²) in [4.78, 5) is 0. The third kappa shape index (κ3) is 6.09. The molecule has 0 amide bonds. The van der Waals surface area contributed by atoms with Crippen LogP contribution in [0.1, 0.15) is 72.3 Å². The maximum absolute atomic E-state index is 8.52. The van der Waals surface area contributed by atoms with E-state index in [0.717, 1.165) is 5.92 Å².